The number of carbonyl (C=O) groups excluding carboxylic acids is 1. The molecular weight excluding hydrogens is 363 g/mol. The summed E-state index contributed by atoms with van der Waals surface area (Å²) in [7, 11) is 0. The Kier molecular flexibility index (Phi) is 4.39. The average molecular weight is 386 g/mol. The Balaban J connectivity index is 1.65. The van der Waals surface area contributed by atoms with Crippen LogP contribution in [-0.4, -0.2) is 45.1 Å². The Morgan fingerprint density at radius 1 is 1.08 bits per heavy atom. The van der Waals surface area contributed by atoms with E-state index in [2.05, 4.69) is 0 Å². The highest BCUT2D eigenvalue weighted by Crippen LogP contribution is 2.60. The minimum absolute atomic E-state index is 0.0306. The molecule has 4 nitrogen and oxygen atoms in total. The van der Waals surface area contributed by atoms with Crippen molar-refractivity contribution in [3.63, 3.8) is 0 Å². The summed E-state index contributed by atoms with van der Waals surface area (Å²) < 4.78 is 70.2. The van der Waals surface area contributed by atoms with E-state index < -0.39 is 53.6 Å². The Morgan fingerprint density at radius 2 is 1.62 bits per heavy atom. The van der Waals surface area contributed by atoms with Crippen molar-refractivity contribution in [1.29, 1.82) is 0 Å². The zero-order valence-corrected chi connectivity index (χ0v) is 14.4. The van der Waals surface area contributed by atoms with Crippen LogP contribution in [0.3, 0.4) is 0 Å². The van der Waals surface area contributed by atoms with Crippen molar-refractivity contribution in [2.45, 2.75) is 87.2 Å². The number of carbonyl (C=O) groups is 1. The second-order valence-electron chi connectivity index (χ2n) is 8.70. The fraction of sp³-hybridized carbons (Fsp3) is 0.941. The first-order chi connectivity index (χ1) is 11.6. The Morgan fingerprint density at radius 3 is 2.04 bits per heavy atom. The highest BCUT2D eigenvalue weighted by molar-refractivity contribution is 5.70. The van der Waals surface area contributed by atoms with Gasteiger partial charge < -0.3 is 14.9 Å². The second kappa shape index (κ2) is 5.77. The van der Waals surface area contributed by atoms with E-state index in [1.165, 1.54) is 0 Å². The van der Waals surface area contributed by atoms with Gasteiger partial charge in [0, 0.05) is 25.7 Å². The van der Waals surface area contributed by atoms with Crippen LogP contribution >= 0.6 is 0 Å². The number of aliphatic hydroxyl groups is 2. The summed E-state index contributed by atoms with van der Waals surface area (Å²) in [6, 6.07) is 0. The number of rotatable bonds is 5. The van der Waals surface area contributed by atoms with E-state index >= 15 is 0 Å². The number of hydrogen-bond acceptors (Lipinski definition) is 4. The molecule has 4 bridgehead atoms. The summed E-state index contributed by atoms with van der Waals surface area (Å²) in [5.41, 5.74) is -3.43. The van der Waals surface area contributed by atoms with E-state index in [4.69, 9.17) is 4.74 Å². The van der Waals surface area contributed by atoms with Crippen LogP contribution < -0.4 is 0 Å². The normalized spacial score (nSPS) is 40.5. The van der Waals surface area contributed by atoms with Gasteiger partial charge in [0.15, 0.2) is 0 Å². The number of halogens is 5. The van der Waals surface area contributed by atoms with Gasteiger partial charge in [0.25, 0.3) is 5.92 Å². The molecule has 0 aromatic rings. The third-order valence-corrected chi connectivity index (χ3v) is 5.93. The van der Waals surface area contributed by atoms with Crippen LogP contribution in [0.2, 0.25) is 0 Å². The molecule has 0 aliphatic heterocycles. The zero-order valence-electron chi connectivity index (χ0n) is 14.4. The van der Waals surface area contributed by atoms with Crippen LogP contribution in [0.4, 0.5) is 22.0 Å². The summed E-state index contributed by atoms with van der Waals surface area (Å²) >= 11 is 0. The lowest BCUT2D eigenvalue weighted by molar-refractivity contribution is -0.262. The molecule has 4 rings (SSSR count). The maximum atomic E-state index is 13.2. The Labute approximate surface area is 147 Å². The van der Waals surface area contributed by atoms with Crippen LogP contribution in [0.1, 0.15) is 58.3 Å². The predicted molar refractivity (Wildman–Crippen MR) is 79.3 cm³/mol. The smallest absolute Gasteiger partial charge is 0.397 e. The molecule has 4 fully saturated rings. The molecule has 150 valence electrons. The quantitative estimate of drug-likeness (QED) is 0.562. The fourth-order valence-electron chi connectivity index (χ4n) is 5.62. The molecule has 0 radical (unpaired) electrons. The molecule has 9 heteroatoms. The summed E-state index contributed by atoms with van der Waals surface area (Å²) in [5.74, 6) is -7.95. The van der Waals surface area contributed by atoms with Crippen molar-refractivity contribution in [3.8, 4) is 0 Å². The number of ether oxygens (including phenoxy) is 1. The molecule has 26 heavy (non-hydrogen) atoms. The van der Waals surface area contributed by atoms with Crippen LogP contribution in [0.15, 0.2) is 0 Å². The van der Waals surface area contributed by atoms with Crippen LogP contribution in [-0.2, 0) is 9.53 Å². The molecule has 2 N–H and O–H groups in total. The van der Waals surface area contributed by atoms with Crippen molar-refractivity contribution in [2.75, 3.05) is 0 Å². The maximum absolute atomic E-state index is 13.2. The van der Waals surface area contributed by atoms with Gasteiger partial charge in [0.05, 0.1) is 11.2 Å². The number of hydrogen-bond donors (Lipinski definition) is 2. The summed E-state index contributed by atoms with van der Waals surface area (Å²) in [6.07, 6.45) is -5.14. The van der Waals surface area contributed by atoms with E-state index in [0.29, 0.717) is 19.3 Å². The first-order valence-electron chi connectivity index (χ1n) is 8.75. The van der Waals surface area contributed by atoms with Crippen LogP contribution in [0, 0.1) is 11.8 Å². The van der Waals surface area contributed by atoms with Gasteiger partial charge in [-0.05, 0) is 38.5 Å². The van der Waals surface area contributed by atoms with E-state index in [1.54, 1.807) is 0 Å². The minimum atomic E-state index is -5.12. The Hall–Kier alpha value is -0.960. The highest BCUT2D eigenvalue weighted by atomic mass is 19.4. The van der Waals surface area contributed by atoms with Crippen LogP contribution in [0.5, 0.6) is 0 Å². The largest absolute Gasteiger partial charge is 0.459 e. The maximum Gasteiger partial charge on any atom is 0.397 e. The molecule has 3 atom stereocenters. The predicted octanol–water partition coefficient (Wildman–Crippen LogP) is 3.34. The molecule has 0 aromatic carbocycles. The lowest BCUT2D eigenvalue weighted by Gasteiger charge is -2.62. The lowest BCUT2D eigenvalue weighted by atomic mass is 9.50. The summed E-state index contributed by atoms with van der Waals surface area (Å²) in [5, 5.41) is 21.2. The highest BCUT2D eigenvalue weighted by Gasteiger charge is 2.64. The van der Waals surface area contributed by atoms with Gasteiger partial charge in [-0.1, -0.05) is 0 Å². The second-order valence-corrected chi connectivity index (χ2v) is 8.70. The van der Waals surface area contributed by atoms with Crippen molar-refractivity contribution < 1.29 is 41.7 Å². The molecule has 0 spiro atoms. The molecular formula is C17H23F5O4. The zero-order chi connectivity index (χ0) is 19.6. The Bertz CT molecular complexity index is 553. The first kappa shape index (κ1) is 19.8. The van der Waals surface area contributed by atoms with Crippen LogP contribution in [0.25, 0.3) is 0 Å². The van der Waals surface area contributed by atoms with Gasteiger partial charge in [0.1, 0.15) is 11.5 Å². The first-order valence-corrected chi connectivity index (χ1v) is 8.75. The molecule has 0 amide bonds. The monoisotopic (exact) mass is 386 g/mol. The van der Waals surface area contributed by atoms with E-state index in [0.717, 1.165) is 0 Å². The van der Waals surface area contributed by atoms with Gasteiger partial charge in [-0.25, -0.2) is 8.78 Å². The summed E-state index contributed by atoms with van der Waals surface area (Å²) in [4.78, 5) is 12.1. The molecule has 0 heterocycles. The SMILES string of the molecule is CC(F)(F)C(CCC(=O)OC12CC3CC(O)(CC(O)(C3)C1)C2)C(F)(F)F. The van der Waals surface area contributed by atoms with Gasteiger partial charge in [-0.3, -0.25) is 4.79 Å². The molecule has 0 aromatic heterocycles. The third-order valence-electron chi connectivity index (χ3n) is 5.93. The average Bonchev–Trinajstić information content (AvgIpc) is 2.29. The molecule has 4 aliphatic carbocycles. The van der Waals surface area contributed by atoms with E-state index in [1.807, 2.05) is 0 Å². The lowest BCUT2D eigenvalue weighted by Crippen LogP contribution is -2.66. The minimum Gasteiger partial charge on any atom is -0.459 e. The van der Waals surface area contributed by atoms with Gasteiger partial charge in [-0.2, -0.15) is 13.2 Å². The number of alkyl halides is 5. The van der Waals surface area contributed by atoms with Crippen molar-refractivity contribution in [2.24, 2.45) is 11.8 Å². The topological polar surface area (TPSA) is 66.8 Å². The molecule has 4 saturated carbocycles. The van der Waals surface area contributed by atoms with Gasteiger partial charge in [-0.15, -0.1) is 0 Å². The number of esters is 1. The standard InChI is InChI=1S/C17H23F5O4/c1-13(18,19)11(17(20,21)22)2-3-12(23)26-16-6-10-4-14(24,8-16)7-15(25,5-10)9-16/h10-11,24-25H,2-9H2,1H3. The molecule has 4 aliphatic rings. The van der Waals surface area contributed by atoms with E-state index in [9.17, 15) is 37.0 Å². The summed E-state index contributed by atoms with van der Waals surface area (Å²) in [6.45, 7) is 0.181. The molecule has 3 unspecified atom stereocenters. The molecule has 0 saturated heterocycles. The fourth-order valence-corrected chi connectivity index (χ4v) is 5.62. The van der Waals surface area contributed by atoms with Gasteiger partial charge in [0.2, 0.25) is 0 Å². The van der Waals surface area contributed by atoms with Gasteiger partial charge >= 0.3 is 12.1 Å². The van der Waals surface area contributed by atoms with E-state index in [-0.39, 0.29) is 32.1 Å². The van der Waals surface area contributed by atoms with Crippen molar-refractivity contribution in [3.05, 3.63) is 0 Å². The van der Waals surface area contributed by atoms with Crippen molar-refractivity contribution >= 4 is 5.97 Å². The third kappa shape index (κ3) is 3.83. The van der Waals surface area contributed by atoms with Crippen molar-refractivity contribution in [1.82, 2.24) is 0 Å².